The van der Waals surface area contributed by atoms with Gasteiger partial charge in [0.1, 0.15) is 5.69 Å². The van der Waals surface area contributed by atoms with E-state index in [1.54, 1.807) is 23.9 Å². The molecule has 1 aliphatic rings. The van der Waals surface area contributed by atoms with E-state index in [0.29, 0.717) is 5.25 Å². The van der Waals surface area contributed by atoms with Crippen molar-refractivity contribution in [2.24, 2.45) is 0 Å². The molecule has 5 nitrogen and oxygen atoms in total. The summed E-state index contributed by atoms with van der Waals surface area (Å²) in [6.07, 6.45) is 0. The lowest BCUT2D eigenvalue weighted by atomic mass is 10.3. The van der Waals surface area contributed by atoms with E-state index in [9.17, 15) is 10.1 Å². The summed E-state index contributed by atoms with van der Waals surface area (Å²) in [6.45, 7) is 1.48. The SMILES string of the molecule is Nc1cc(SC2COC2)ccc1[N+](=O)[O-]. The van der Waals surface area contributed by atoms with Crippen LogP contribution in [0.25, 0.3) is 0 Å². The fraction of sp³-hybridized carbons (Fsp3) is 0.333. The third-order valence-corrected chi connectivity index (χ3v) is 3.24. The molecule has 0 amide bonds. The average molecular weight is 226 g/mol. The number of hydrogen-bond acceptors (Lipinski definition) is 5. The maximum Gasteiger partial charge on any atom is 0.292 e. The first-order valence-corrected chi connectivity index (χ1v) is 5.33. The minimum Gasteiger partial charge on any atom is -0.393 e. The summed E-state index contributed by atoms with van der Waals surface area (Å²) >= 11 is 1.64. The second kappa shape index (κ2) is 4.08. The van der Waals surface area contributed by atoms with Gasteiger partial charge in [0, 0.05) is 11.0 Å². The highest BCUT2D eigenvalue weighted by molar-refractivity contribution is 8.00. The van der Waals surface area contributed by atoms with Crippen molar-refractivity contribution in [3.8, 4) is 0 Å². The Hall–Kier alpha value is -1.27. The van der Waals surface area contributed by atoms with Crippen LogP contribution in [0.15, 0.2) is 23.1 Å². The fourth-order valence-corrected chi connectivity index (χ4v) is 2.30. The minimum absolute atomic E-state index is 0.0378. The van der Waals surface area contributed by atoms with Gasteiger partial charge in [-0.3, -0.25) is 10.1 Å². The van der Waals surface area contributed by atoms with Crippen LogP contribution in [-0.4, -0.2) is 23.4 Å². The Morgan fingerprint density at radius 3 is 2.73 bits per heavy atom. The van der Waals surface area contributed by atoms with Crippen LogP contribution in [0.3, 0.4) is 0 Å². The van der Waals surface area contributed by atoms with Crippen molar-refractivity contribution >= 4 is 23.1 Å². The molecule has 1 aromatic rings. The number of nitrogen functional groups attached to an aromatic ring is 1. The van der Waals surface area contributed by atoms with Crippen molar-refractivity contribution in [3.63, 3.8) is 0 Å². The van der Waals surface area contributed by atoms with Gasteiger partial charge in [-0.05, 0) is 12.1 Å². The molecule has 2 rings (SSSR count). The number of nitrogens with two attached hydrogens (primary N) is 1. The lowest BCUT2D eigenvalue weighted by Gasteiger charge is -2.25. The first kappa shape index (κ1) is 10.3. The van der Waals surface area contributed by atoms with Crippen LogP contribution in [0.4, 0.5) is 11.4 Å². The van der Waals surface area contributed by atoms with Gasteiger partial charge in [-0.2, -0.15) is 0 Å². The van der Waals surface area contributed by atoms with E-state index in [0.717, 1.165) is 18.1 Å². The first-order valence-electron chi connectivity index (χ1n) is 4.45. The second-order valence-electron chi connectivity index (χ2n) is 3.26. The molecule has 15 heavy (non-hydrogen) atoms. The molecule has 1 heterocycles. The van der Waals surface area contributed by atoms with Crippen molar-refractivity contribution < 1.29 is 9.66 Å². The summed E-state index contributed by atoms with van der Waals surface area (Å²) in [7, 11) is 0. The van der Waals surface area contributed by atoms with Crippen LogP contribution in [-0.2, 0) is 4.74 Å². The van der Waals surface area contributed by atoms with Gasteiger partial charge in [0.05, 0.1) is 23.4 Å². The molecule has 0 aromatic heterocycles. The van der Waals surface area contributed by atoms with Gasteiger partial charge in [0.2, 0.25) is 0 Å². The van der Waals surface area contributed by atoms with Crippen LogP contribution in [0, 0.1) is 10.1 Å². The molecule has 1 fully saturated rings. The Morgan fingerprint density at radius 2 is 2.27 bits per heavy atom. The molecule has 2 N–H and O–H groups in total. The molecule has 1 saturated heterocycles. The first-order chi connectivity index (χ1) is 7.16. The van der Waals surface area contributed by atoms with E-state index >= 15 is 0 Å². The standard InChI is InChI=1S/C9H10N2O3S/c10-8-3-6(15-7-4-14-5-7)1-2-9(8)11(12)13/h1-3,7H,4-5,10H2. The van der Waals surface area contributed by atoms with Crippen LogP contribution >= 0.6 is 11.8 Å². The minimum atomic E-state index is -0.476. The van der Waals surface area contributed by atoms with Gasteiger partial charge >= 0.3 is 0 Å². The van der Waals surface area contributed by atoms with Gasteiger partial charge in [-0.25, -0.2) is 0 Å². The zero-order chi connectivity index (χ0) is 10.8. The summed E-state index contributed by atoms with van der Waals surface area (Å²) in [5.41, 5.74) is 5.75. The van der Waals surface area contributed by atoms with Crippen LogP contribution in [0.5, 0.6) is 0 Å². The normalized spacial score (nSPS) is 16.0. The van der Waals surface area contributed by atoms with Crippen LogP contribution in [0.2, 0.25) is 0 Å². The molecule has 0 unspecified atom stereocenters. The van der Waals surface area contributed by atoms with Crippen molar-refractivity contribution in [1.29, 1.82) is 0 Å². The maximum absolute atomic E-state index is 10.5. The van der Waals surface area contributed by atoms with Gasteiger partial charge in [-0.1, -0.05) is 0 Å². The predicted molar refractivity (Wildman–Crippen MR) is 58.0 cm³/mol. The summed E-state index contributed by atoms with van der Waals surface area (Å²) in [4.78, 5) is 11.0. The van der Waals surface area contributed by atoms with Crippen molar-refractivity contribution in [2.75, 3.05) is 18.9 Å². The lowest BCUT2D eigenvalue weighted by Crippen LogP contribution is -2.29. The molecule has 0 radical (unpaired) electrons. The van der Waals surface area contributed by atoms with E-state index in [4.69, 9.17) is 10.5 Å². The molecule has 6 heteroatoms. The van der Waals surface area contributed by atoms with Crippen molar-refractivity contribution in [1.82, 2.24) is 0 Å². The van der Waals surface area contributed by atoms with E-state index < -0.39 is 4.92 Å². The van der Waals surface area contributed by atoms with Crippen LogP contribution in [0.1, 0.15) is 0 Å². The zero-order valence-electron chi connectivity index (χ0n) is 7.88. The summed E-state index contributed by atoms with van der Waals surface area (Å²) in [5, 5.41) is 11.0. The number of benzene rings is 1. The third-order valence-electron chi connectivity index (χ3n) is 2.11. The number of ether oxygens (including phenoxy) is 1. The Bertz CT molecular complexity index is 393. The third kappa shape index (κ3) is 2.21. The van der Waals surface area contributed by atoms with Crippen LogP contribution < -0.4 is 5.73 Å². The Balaban J connectivity index is 2.13. The van der Waals surface area contributed by atoms with Gasteiger partial charge in [0.15, 0.2) is 0 Å². The largest absolute Gasteiger partial charge is 0.393 e. The monoisotopic (exact) mass is 226 g/mol. The average Bonchev–Trinajstić information content (AvgIpc) is 2.11. The molecule has 1 aromatic carbocycles. The summed E-state index contributed by atoms with van der Waals surface area (Å²) < 4.78 is 5.04. The maximum atomic E-state index is 10.5. The highest BCUT2D eigenvalue weighted by Gasteiger charge is 2.20. The van der Waals surface area contributed by atoms with E-state index in [1.807, 2.05) is 0 Å². The molecule has 0 aliphatic carbocycles. The number of nitro groups is 1. The van der Waals surface area contributed by atoms with Crippen molar-refractivity contribution in [3.05, 3.63) is 28.3 Å². The zero-order valence-corrected chi connectivity index (χ0v) is 8.70. The van der Waals surface area contributed by atoms with E-state index in [1.165, 1.54) is 6.07 Å². The topological polar surface area (TPSA) is 78.4 Å². The smallest absolute Gasteiger partial charge is 0.292 e. The number of nitro benzene ring substituents is 1. The highest BCUT2D eigenvalue weighted by Crippen LogP contribution is 2.32. The number of nitrogens with zero attached hydrogens (tertiary/aromatic N) is 1. The van der Waals surface area contributed by atoms with E-state index in [-0.39, 0.29) is 11.4 Å². The molecular formula is C9H10N2O3S. The molecule has 0 saturated carbocycles. The van der Waals surface area contributed by atoms with Gasteiger partial charge in [-0.15, -0.1) is 11.8 Å². The number of thioether (sulfide) groups is 1. The molecular weight excluding hydrogens is 216 g/mol. The second-order valence-corrected chi connectivity index (χ2v) is 4.63. The Morgan fingerprint density at radius 1 is 1.53 bits per heavy atom. The number of hydrogen-bond donors (Lipinski definition) is 1. The molecule has 1 aliphatic heterocycles. The Kier molecular flexibility index (Phi) is 2.79. The number of anilines is 1. The highest BCUT2D eigenvalue weighted by atomic mass is 32.2. The predicted octanol–water partition coefficient (Wildman–Crippen LogP) is 1.67. The number of rotatable bonds is 3. The fourth-order valence-electron chi connectivity index (χ4n) is 1.25. The van der Waals surface area contributed by atoms with Crippen molar-refractivity contribution in [2.45, 2.75) is 10.1 Å². The quantitative estimate of drug-likeness (QED) is 0.482. The van der Waals surface area contributed by atoms with Gasteiger partial charge < -0.3 is 10.5 Å². The van der Waals surface area contributed by atoms with E-state index in [2.05, 4.69) is 0 Å². The molecule has 0 spiro atoms. The molecule has 0 atom stereocenters. The Labute approximate surface area is 90.7 Å². The molecule has 0 bridgehead atoms. The molecule has 80 valence electrons. The summed E-state index contributed by atoms with van der Waals surface area (Å²) in [6, 6.07) is 4.80. The summed E-state index contributed by atoms with van der Waals surface area (Å²) in [5.74, 6) is 0. The van der Waals surface area contributed by atoms with Gasteiger partial charge in [0.25, 0.3) is 5.69 Å². The lowest BCUT2D eigenvalue weighted by molar-refractivity contribution is -0.383.